The lowest BCUT2D eigenvalue weighted by molar-refractivity contribution is 0.552. The van der Waals surface area contributed by atoms with Crippen LogP contribution < -0.4 is 10.0 Å². The van der Waals surface area contributed by atoms with Crippen molar-refractivity contribution in [2.75, 3.05) is 13.6 Å². The minimum absolute atomic E-state index is 0.399. The summed E-state index contributed by atoms with van der Waals surface area (Å²) in [5, 5.41) is 8.97. The molecule has 0 aliphatic carbocycles. The van der Waals surface area contributed by atoms with Crippen LogP contribution >= 0.6 is 11.3 Å². The van der Waals surface area contributed by atoms with E-state index >= 15 is 0 Å². The van der Waals surface area contributed by atoms with Crippen molar-refractivity contribution in [1.82, 2.24) is 19.8 Å². The fourth-order valence-corrected chi connectivity index (χ4v) is 4.98. The summed E-state index contributed by atoms with van der Waals surface area (Å²) >= 11 is 1.47. The number of thiophene rings is 1. The molecule has 0 bridgehead atoms. The number of rotatable bonds is 8. The zero-order chi connectivity index (χ0) is 15.3. The smallest absolute Gasteiger partial charge is 0.241 e. The Bertz CT molecular complexity index is 662. The normalized spacial score (nSPS) is 11.9. The molecular formula is C13H20N4O2S2. The summed E-state index contributed by atoms with van der Waals surface area (Å²) in [4.78, 5) is 1.26. The van der Waals surface area contributed by atoms with Crippen LogP contribution in [0.1, 0.15) is 16.9 Å². The Morgan fingerprint density at radius 3 is 2.90 bits per heavy atom. The van der Waals surface area contributed by atoms with Crippen LogP contribution in [-0.4, -0.2) is 31.8 Å². The summed E-state index contributed by atoms with van der Waals surface area (Å²) in [5.74, 6) is 0. The van der Waals surface area contributed by atoms with E-state index in [1.165, 1.54) is 11.3 Å². The van der Waals surface area contributed by atoms with E-state index in [9.17, 15) is 8.42 Å². The Kier molecular flexibility index (Phi) is 5.51. The van der Waals surface area contributed by atoms with Gasteiger partial charge in [-0.1, -0.05) is 0 Å². The molecule has 0 aliphatic rings. The number of hydrogen-bond donors (Lipinski definition) is 2. The highest BCUT2D eigenvalue weighted by molar-refractivity contribution is 7.89. The van der Waals surface area contributed by atoms with E-state index in [4.69, 9.17) is 0 Å². The Hall–Kier alpha value is -1.22. The Balaban J connectivity index is 1.96. The van der Waals surface area contributed by atoms with Crippen LogP contribution in [0.25, 0.3) is 0 Å². The first kappa shape index (κ1) is 16.2. The van der Waals surface area contributed by atoms with Gasteiger partial charge >= 0.3 is 0 Å². The molecule has 21 heavy (non-hydrogen) atoms. The molecule has 2 aromatic rings. The van der Waals surface area contributed by atoms with Crippen LogP contribution in [0.3, 0.4) is 0 Å². The minimum Gasteiger partial charge on any atom is -0.315 e. The second kappa shape index (κ2) is 7.17. The predicted molar refractivity (Wildman–Crippen MR) is 83.9 cm³/mol. The number of aromatic nitrogens is 2. The molecule has 8 heteroatoms. The zero-order valence-corrected chi connectivity index (χ0v) is 13.8. The van der Waals surface area contributed by atoms with Gasteiger partial charge in [0.15, 0.2) is 0 Å². The molecule has 0 radical (unpaired) electrons. The van der Waals surface area contributed by atoms with Crippen molar-refractivity contribution in [3.8, 4) is 0 Å². The van der Waals surface area contributed by atoms with E-state index in [0.717, 1.165) is 10.4 Å². The fraction of sp³-hybridized carbons (Fsp3) is 0.462. The summed E-state index contributed by atoms with van der Waals surface area (Å²) in [7, 11) is -1.64. The highest BCUT2D eigenvalue weighted by Crippen LogP contribution is 2.26. The zero-order valence-electron chi connectivity index (χ0n) is 12.2. The van der Waals surface area contributed by atoms with Gasteiger partial charge in [0.05, 0.1) is 0 Å². The third kappa shape index (κ3) is 4.13. The van der Waals surface area contributed by atoms with Crippen molar-refractivity contribution in [1.29, 1.82) is 0 Å². The Labute approximate surface area is 129 Å². The van der Waals surface area contributed by atoms with Crippen LogP contribution in [0.2, 0.25) is 0 Å². The van der Waals surface area contributed by atoms with Gasteiger partial charge < -0.3 is 5.32 Å². The largest absolute Gasteiger partial charge is 0.315 e. The van der Waals surface area contributed by atoms with Crippen LogP contribution in [0, 0.1) is 6.92 Å². The van der Waals surface area contributed by atoms with Gasteiger partial charge in [-0.2, -0.15) is 5.10 Å². The number of hydrogen-bond acceptors (Lipinski definition) is 5. The number of nitrogens with one attached hydrogen (secondary N) is 2. The van der Waals surface area contributed by atoms with E-state index in [0.29, 0.717) is 31.0 Å². The molecule has 2 heterocycles. The van der Waals surface area contributed by atoms with Crippen molar-refractivity contribution >= 4 is 21.4 Å². The molecule has 0 amide bonds. The Morgan fingerprint density at radius 1 is 1.43 bits per heavy atom. The van der Waals surface area contributed by atoms with Crippen LogP contribution in [0.4, 0.5) is 0 Å². The van der Waals surface area contributed by atoms with Gasteiger partial charge in [0.2, 0.25) is 10.0 Å². The van der Waals surface area contributed by atoms with Crippen molar-refractivity contribution in [2.45, 2.75) is 31.3 Å². The summed E-state index contributed by atoms with van der Waals surface area (Å²) < 4.78 is 29.3. The molecule has 2 aromatic heterocycles. The molecule has 2 N–H and O–H groups in total. The van der Waals surface area contributed by atoms with Crippen molar-refractivity contribution in [2.24, 2.45) is 0 Å². The molecule has 6 nitrogen and oxygen atoms in total. The molecular weight excluding hydrogens is 308 g/mol. The Morgan fingerprint density at radius 2 is 2.24 bits per heavy atom. The van der Waals surface area contributed by atoms with E-state index < -0.39 is 10.0 Å². The number of sulfonamides is 1. The maximum absolute atomic E-state index is 12.4. The quantitative estimate of drug-likeness (QED) is 0.717. The molecule has 0 saturated carbocycles. The lowest BCUT2D eigenvalue weighted by atomic mass is 10.3. The van der Waals surface area contributed by atoms with Gasteiger partial charge in [0, 0.05) is 36.9 Å². The highest BCUT2D eigenvalue weighted by atomic mass is 32.2. The van der Waals surface area contributed by atoms with Crippen LogP contribution in [0.5, 0.6) is 0 Å². The molecule has 0 aliphatic heterocycles. The van der Waals surface area contributed by atoms with Crippen LogP contribution in [0.15, 0.2) is 28.7 Å². The number of aryl methyl sites for hydroxylation is 2. The average molecular weight is 328 g/mol. The standard InChI is InChI=1S/C13H20N4O2S2/c1-11-10-20-12(9-14-2)13(11)21(18,19)16-6-4-8-17-7-3-5-15-17/h3,5,7,10,14,16H,4,6,8-9H2,1-2H3. The van der Waals surface area contributed by atoms with Crippen LogP contribution in [-0.2, 0) is 23.1 Å². The van der Waals surface area contributed by atoms with Gasteiger partial charge in [-0.15, -0.1) is 11.3 Å². The summed E-state index contributed by atoms with van der Waals surface area (Å²) in [6.07, 6.45) is 4.27. The van der Waals surface area contributed by atoms with Gasteiger partial charge in [-0.05, 0) is 37.4 Å². The maximum atomic E-state index is 12.4. The summed E-state index contributed by atoms with van der Waals surface area (Å²) in [6, 6.07) is 1.85. The molecule has 0 atom stereocenters. The van der Waals surface area contributed by atoms with Crippen molar-refractivity contribution < 1.29 is 8.42 Å². The third-order valence-corrected chi connectivity index (χ3v) is 5.93. The van der Waals surface area contributed by atoms with Gasteiger partial charge in [0.1, 0.15) is 4.90 Å². The van der Waals surface area contributed by atoms with Crippen molar-refractivity contribution in [3.05, 3.63) is 34.3 Å². The monoisotopic (exact) mass is 328 g/mol. The SMILES string of the molecule is CNCc1scc(C)c1S(=O)(=O)NCCCn1cccn1. The molecule has 0 unspecified atom stereocenters. The molecule has 0 fully saturated rings. The molecule has 2 rings (SSSR count). The minimum atomic E-state index is -3.45. The summed E-state index contributed by atoms with van der Waals surface area (Å²) in [6.45, 7) is 3.48. The second-order valence-electron chi connectivity index (χ2n) is 4.72. The molecule has 116 valence electrons. The average Bonchev–Trinajstić information content (AvgIpc) is 3.05. The lowest BCUT2D eigenvalue weighted by Gasteiger charge is -2.09. The molecule has 0 saturated heterocycles. The maximum Gasteiger partial charge on any atom is 0.241 e. The van der Waals surface area contributed by atoms with Crippen molar-refractivity contribution in [3.63, 3.8) is 0 Å². The first-order valence-electron chi connectivity index (χ1n) is 6.73. The predicted octanol–water partition coefficient (Wildman–Crippen LogP) is 1.34. The number of nitrogens with zero attached hydrogens (tertiary/aromatic N) is 2. The fourth-order valence-electron chi connectivity index (χ4n) is 2.08. The van der Waals surface area contributed by atoms with Gasteiger partial charge in [-0.25, -0.2) is 13.1 Å². The van der Waals surface area contributed by atoms with Gasteiger partial charge in [0.25, 0.3) is 0 Å². The first-order valence-corrected chi connectivity index (χ1v) is 9.09. The molecule has 0 aromatic carbocycles. The van der Waals surface area contributed by atoms with Gasteiger partial charge in [-0.3, -0.25) is 4.68 Å². The second-order valence-corrected chi connectivity index (χ2v) is 7.39. The summed E-state index contributed by atoms with van der Waals surface area (Å²) in [5.41, 5.74) is 0.796. The topological polar surface area (TPSA) is 76.0 Å². The van der Waals surface area contributed by atoms with E-state index in [-0.39, 0.29) is 0 Å². The molecule has 0 spiro atoms. The van der Waals surface area contributed by atoms with E-state index in [2.05, 4.69) is 15.1 Å². The van der Waals surface area contributed by atoms with E-state index in [1.54, 1.807) is 10.9 Å². The first-order chi connectivity index (χ1) is 10.0. The lowest BCUT2D eigenvalue weighted by Crippen LogP contribution is -2.27. The third-order valence-electron chi connectivity index (χ3n) is 3.01. The van der Waals surface area contributed by atoms with E-state index in [1.807, 2.05) is 31.6 Å². The highest BCUT2D eigenvalue weighted by Gasteiger charge is 2.22.